The number of imide groups is 1. The van der Waals surface area contributed by atoms with Crippen LogP contribution in [-0.2, 0) is 9.59 Å². The Labute approximate surface area is 150 Å². The van der Waals surface area contributed by atoms with E-state index in [0.29, 0.717) is 28.4 Å². The van der Waals surface area contributed by atoms with E-state index in [4.69, 9.17) is 15.2 Å². The van der Waals surface area contributed by atoms with Crippen molar-refractivity contribution < 1.29 is 23.9 Å². The highest BCUT2D eigenvalue weighted by Crippen LogP contribution is 2.35. The standard InChI is InChI=1S/C17H20N2O5S/c1-4-10(2)19-16(21)14(25-17(19)22)8-11-5-6-12(13(7-11)23-3)24-9-15(18)20/h5-8,10H,4,9H2,1-3H3,(H2,18,20)/b14-8+/t10-/m1/s1. The predicted molar refractivity (Wildman–Crippen MR) is 95.2 cm³/mol. The molecule has 134 valence electrons. The van der Waals surface area contributed by atoms with Gasteiger partial charge in [0.05, 0.1) is 12.0 Å². The summed E-state index contributed by atoms with van der Waals surface area (Å²) in [6, 6.07) is 4.84. The van der Waals surface area contributed by atoms with E-state index in [2.05, 4.69) is 0 Å². The van der Waals surface area contributed by atoms with Crippen LogP contribution in [0.5, 0.6) is 11.5 Å². The Balaban J connectivity index is 2.25. The molecule has 2 N–H and O–H groups in total. The maximum Gasteiger partial charge on any atom is 0.293 e. The van der Waals surface area contributed by atoms with Gasteiger partial charge in [0.15, 0.2) is 18.1 Å². The molecule has 1 fully saturated rings. The van der Waals surface area contributed by atoms with Gasteiger partial charge >= 0.3 is 0 Å². The molecule has 1 heterocycles. The van der Waals surface area contributed by atoms with Crippen LogP contribution in [0.1, 0.15) is 25.8 Å². The molecule has 7 nitrogen and oxygen atoms in total. The van der Waals surface area contributed by atoms with Crippen LogP contribution >= 0.6 is 11.8 Å². The van der Waals surface area contributed by atoms with Crippen LogP contribution in [0.4, 0.5) is 4.79 Å². The first-order chi connectivity index (χ1) is 11.9. The Morgan fingerprint density at radius 3 is 2.68 bits per heavy atom. The lowest BCUT2D eigenvalue weighted by atomic mass is 10.1. The van der Waals surface area contributed by atoms with Gasteiger partial charge in [0.2, 0.25) is 0 Å². The number of benzene rings is 1. The number of rotatable bonds is 7. The highest BCUT2D eigenvalue weighted by Gasteiger charge is 2.37. The summed E-state index contributed by atoms with van der Waals surface area (Å²) >= 11 is 0.917. The Morgan fingerprint density at radius 1 is 1.36 bits per heavy atom. The van der Waals surface area contributed by atoms with E-state index >= 15 is 0 Å². The number of carbonyl (C=O) groups is 3. The van der Waals surface area contributed by atoms with Gasteiger partial charge in [0, 0.05) is 6.04 Å². The zero-order chi connectivity index (χ0) is 18.6. The highest BCUT2D eigenvalue weighted by molar-refractivity contribution is 8.18. The maximum absolute atomic E-state index is 12.4. The molecule has 1 saturated heterocycles. The summed E-state index contributed by atoms with van der Waals surface area (Å²) in [6.45, 7) is 3.50. The third kappa shape index (κ3) is 4.33. The van der Waals surface area contributed by atoms with Gasteiger partial charge in [0.1, 0.15) is 0 Å². The van der Waals surface area contributed by atoms with E-state index in [1.54, 1.807) is 24.3 Å². The molecule has 8 heteroatoms. The fourth-order valence-corrected chi connectivity index (χ4v) is 3.17. The van der Waals surface area contributed by atoms with Gasteiger partial charge in [-0.1, -0.05) is 13.0 Å². The molecule has 0 aromatic heterocycles. The minimum atomic E-state index is -0.593. The summed E-state index contributed by atoms with van der Waals surface area (Å²) in [5.74, 6) is -0.121. The van der Waals surface area contributed by atoms with Gasteiger partial charge in [-0.25, -0.2) is 0 Å². The molecule has 1 aliphatic rings. The van der Waals surface area contributed by atoms with Crippen LogP contribution in [0.25, 0.3) is 6.08 Å². The van der Waals surface area contributed by atoms with Crippen molar-refractivity contribution in [3.8, 4) is 11.5 Å². The number of ether oxygens (including phenoxy) is 2. The zero-order valence-corrected chi connectivity index (χ0v) is 15.1. The molecular weight excluding hydrogens is 344 g/mol. The third-order valence-electron chi connectivity index (χ3n) is 3.71. The summed E-state index contributed by atoms with van der Waals surface area (Å²) in [5, 5.41) is -0.265. The molecule has 1 aliphatic heterocycles. The van der Waals surface area contributed by atoms with Crippen molar-refractivity contribution in [2.24, 2.45) is 5.73 Å². The van der Waals surface area contributed by atoms with Gasteiger partial charge in [-0.3, -0.25) is 19.3 Å². The van der Waals surface area contributed by atoms with Crippen molar-refractivity contribution in [3.63, 3.8) is 0 Å². The van der Waals surface area contributed by atoms with Crippen LogP contribution in [-0.4, -0.2) is 41.7 Å². The molecule has 0 radical (unpaired) electrons. The number of thioether (sulfide) groups is 1. The monoisotopic (exact) mass is 364 g/mol. The summed E-state index contributed by atoms with van der Waals surface area (Å²) in [5.41, 5.74) is 5.74. The van der Waals surface area contributed by atoms with Crippen molar-refractivity contribution in [2.75, 3.05) is 13.7 Å². The zero-order valence-electron chi connectivity index (χ0n) is 14.3. The van der Waals surface area contributed by atoms with E-state index in [0.717, 1.165) is 11.8 Å². The van der Waals surface area contributed by atoms with Crippen molar-refractivity contribution in [1.29, 1.82) is 0 Å². The van der Waals surface area contributed by atoms with Crippen LogP contribution in [0.3, 0.4) is 0 Å². The predicted octanol–water partition coefficient (Wildman–Crippen LogP) is 2.39. The Bertz CT molecular complexity index is 732. The molecule has 1 aromatic carbocycles. The fourth-order valence-electron chi connectivity index (χ4n) is 2.24. The molecule has 2 rings (SSSR count). The van der Waals surface area contributed by atoms with Crippen LogP contribution < -0.4 is 15.2 Å². The molecule has 0 unspecified atom stereocenters. The normalized spacial score (nSPS) is 17.1. The van der Waals surface area contributed by atoms with Crippen molar-refractivity contribution in [3.05, 3.63) is 28.7 Å². The van der Waals surface area contributed by atoms with Gasteiger partial charge in [0.25, 0.3) is 17.1 Å². The summed E-state index contributed by atoms with van der Waals surface area (Å²) in [4.78, 5) is 36.9. The Kier molecular flexibility index (Phi) is 6.08. The molecular formula is C17H20N2O5S. The van der Waals surface area contributed by atoms with Crippen LogP contribution in [0, 0.1) is 0 Å². The molecule has 0 saturated carbocycles. The lowest BCUT2D eigenvalue weighted by Crippen LogP contribution is -2.36. The topological polar surface area (TPSA) is 98.9 Å². The number of nitrogens with zero attached hydrogens (tertiary/aromatic N) is 1. The molecule has 3 amide bonds. The van der Waals surface area contributed by atoms with Crippen molar-refractivity contribution in [1.82, 2.24) is 4.90 Å². The second kappa shape index (κ2) is 8.06. The van der Waals surface area contributed by atoms with Crippen LogP contribution in [0.15, 0.2) is 23.1 Å². The van der Waals surface area contributed by atoms with E-state index < -0.39 is 5.91 Å². The Morgan fingerprint density at radius 2 is 2.08 bits per heavy atom. The smallest absolute Gasteiger partial charge is 0.293 e. The SMILES string of the molecule is CC[C@@H](C)N1C(=O)S/C(=C/c2ccc(OCC(N)=O)c(OC)c2)C1=O. The first kappa shape index (κ1) is 18.9. The average molecular weight is 364 g/mol. The molecule has 1 aromatic rings. The molecule has 1 atom stereocenters. The number of amides is 3. The van der Waals surface area contributed by atoms with Crippen molar-refractivity contribution in [2.45, 2.75) is 26.3 Å². The molecule has 0 aliphatic carbocycles. The first-order valence-corrected chi connectivity index (χ1v) is 8.55. The maximum atomic E-state index is 12.4. The molecule has 0 bridgehead atoms. The van der Waals surface area contributed by atoms with Crippen molar-refractivity contribution >= 4 is 34.9 Å². The summed E-state index contributed by atoms with van der Waals surface area (Å²) < 4.78 is 10.5. The minimum Gasteiger partial charge on any atom is -0.493 e. The number of nitrogens with two attached hydrogens (primary N) is 1. The van der Waals surface area contributed by atoms with Crippen LogP contribution in [0.2, 0.25) is 0 Å². The molecule has 25 heavy (non-hydrogen) atoms. The summed E-state index contributed by atoms with van der Waals surface area (Å²) in [6.07, 6.45) is 2.33. The number of methoxy groups -OCH3 is 1. The van der Waals surface area contributed by atoms with Gasteiger partial charge < -0.3 is 15.2 Å². The quantitative estimate of drug-likeness (QED) is 0.746. The average Bonchev–Trinajstić information content (AvgIpc) is 2.86. The van der Waals surface area contributed by atoms with E-state index in [1.165, 1.54) is 12.0 Å². The van der Waals surface area contributed by atoms with Gasteiger partial charge in [-0.05, 0) is 48.9 Å². The fraction of sp³-hybridized carbons (Fsp3) is 0.353. The van der Waals surface area contributed by atoms with Gasteiger partial charge in [-0.15, -0.1) is 0 Å². The largest absolute Gasteiger partial charge is 0.493 e. The molecule has 0 spiro atoms. The summed E-state index contributed by atoms with van der Waals surface area (Å²) in [7, 11) is 1.47. The highest BCUT2D eigenvalue weighted by atomic mass is 32.2. The second-order valence-electron chi connectivity index (χ2n) is 5.47. The second-order valence-corrected chi connectivity index (χ2v) is 6.47. The van der Waals surface area contributed by atoms with Gasteiger partial charge in [-0.2, -0.15) is 0 Å². The van der Waals surface area contributed by atoms with E-state index in [1.807, 2.05) is 13.8 Å². The number of carbonyl (C=O) groups excluding carboxylic acids is 3. The third-order valence-corrected chi connectivity index (χ3v) is 4.59. The number of hydrogen-bond donors (Lipinski definition) is 1. The number of primary amides is 1. The van der Waals surface area contributed by atoms with E-state index in [9.17, 15) is 14.4 Å². The Hall–Kier alpha value is -2.48. The first-order valence-electron chi connectivity index (χ1n) is 7.73. The van der Waals surface area contributed by atoms with E-state index in [-0.39, 0.29) is 23.8 Å². The minimum absolute atomic E-state index is 0.141. The lowest BCUT2D eigenvalue weighted by molar-refractivity contribution is -0.124. The number of hydrogen-bond acceptors (Lipinski definition) is 6. The lowest BCUT2D eigenvalue weighted by Gasteiger charge is -2.19.